The molecule has 1 aromatic carbocycles. The molecule has 2 N–H and O–H groups in total. The van der Waals surface area contributed by atoms with Crippen molar-refractivity contribution in [1.82, 2.24) is 10.3 Å². The number of rotatable bonds is 4. The first-order valence-corrected chi connectivity index (χ1v) is 6.87. The highest BCUT2D eigenvalue weighted by atomic mass is 35.5. The third kappa shape index (κ3) is 3.27. The van der Waals surface area contributed by atoms with E-state index in [0.717, 1.165) is 24.2 Å². The Bertz CT molecular complexity index is 641. The van der Waals surface area contributed by atoms with Crippen molar-refractivity contribution in [1.29, 1.82) is 0 Å². The first kappa shape index (κ1) is 12.9. The van der Waals surface area contributed by atoms with Crippen molar-refractivity contribution < 1.29 is 4.79 Å². The molecule has 0 radical (unpaired) electrons. The van der Waals surface area contributed by atoms with Gasteiger partial charge in [0.25, 0.3) is 5.91 Å². The first-order valence-electron chi connectivity index (χ1n) is 6.49. The lowest BCUT2D eigenvalue weighted by atomic mass is 10.2. The number of hydrogen-bond donors (Lipinski definition) is 2. The largest absolute Gasteiger partial charge is 0.354 e. The Balaban J connectivity index is 1.75. The van der Waals surface area contributed by atoms with E-state index in [1.54, 1.807) is 18.5 Å². The molecular weight excluding hydrogens is 274 g/mol. The molecule has 1 heterocycles. The molecule has 0 spiro atoms. The molecule has 0 atom stereocenters. The Kier molecular flexibility index (Phi) is 3.56. The summed E-state index contributed by atoms with van der Waals surface area (Å²) in [5.74, 6) is -0.0743. The summed E-state index contributed by atoms with van der Waals surface area (Å²) in [5.41, 5.74) is 2.18. The molecule has 4 nitrogen and oxygen atoms in total. The van der Waals surface area contributed by atoms with E-state index in [0.29, 0.717) is 16.6 Å². The average Bonchev–Trinajstić information content (AvgIpc) is 3.23. The zero-order valence-corrected chi connectivity index (χ0v) is 11.5. The Labute approximate surface area is 122 Å². The van der Waals surface area contributed by atoms with Crippen molar-refractivity contribution in [3.63, 3.8) is 0 Å². The molecular formula is C15H14ClN3O. The Hall–Kier alpha value is -2.07. The maximum atomic E-state index is 12.0. The normalized spacial score (nSPS) is 13.8. The topological polar surface area (TPSA) is 54.0 Å². The molecule has 1 saturated carbocycles. The van der Waals surface area contributed by atoms with Crippen molar-refractivity contribution in [2.45, 2.75) is 18.9 Å². The van der Waals surface area contributed by atoms with Crippen LogP contribution in [0.1, 0.15) is 23.2 Å². The van der Waals surface area contributed by atoms with Crippen LogP contribution in [0.15, 0.2) is 42.7 Å². The SMILES string of the molecule is O=C(NC1CC1)c1cncc(Nc2cccc(Cl)c2)c1. The fraction of sp³-hybridized carbons (Fsp3) is 0.200. The quantitative estimate of drug-likeness (QED) is 0.906. The standard InChI is InChI=1S/C15H14ClN3O/c16-11-2-1-3-13(7-11)18-14-6-10(8-17-9-14)15(20)19-12-4-5-12/h1-3,6-9,12,18H,4-5H2,(H,19,20). The van der Waals surface area contributed by atoms with Crippen molar-refractivity contribution in [3.05, 3.63) is 53.3 Å². The number of benzene rings is 1. The van der Waals surface area contributed by atoms with Crippen LogP contribution in [0.5, 0.6) is 0 Å². The van der Waals surface area contributed by atoms with Crippen LogP contribution in [0.3, 0.4) is 0 Å². The van der Waals surface area contributed by atoms with Crippen LogP contribution in [-0.4, -0.2) is 16.9 Å². The molecule has 0 bridgehead atoms. The molecule has 1 amide bonds. The van der Waals surface area contributed by atoms with Crippen LogP contribution in [0.4, 0.5) is 11.4 Å². The molecule has 2 aromatic rings. The maximum Gasteiger partial charge on any atom is 0.253 e. The maximum absolute atomic E-state index is 12.0. The van der Waals surface area contributed by atoms with Crippen LogP contribution in [0.25, 0.3) is 0 Å². The van der Waals surface area contributed by atoms with Crippen molar-refractivity contribution in [2.75, 3.05) is 5.32 Å². The average molecular weight is 288 g/mol. The predicted octanol–water partition coefficient (Wildman–Crippen LogP) is 3.37. The Morgan fingerprint density at radius 1 is 1.20 bits per heavy atom. The van der Waals surface area contributed by atoms with Gasteiger partial charge in [-0.2, -0.15) is 0 Å². The first-order chi connectivity index (χ1) is 9.70. The van der Waals surface area contributed by atoms with Crippen molar-refractivity contribution in [3.8, 4) is 0 Å². The van der Waals surface area contributed by atoms with E-state index in [4.69, 9.17) is 11.6 Å². The molecule has 0 saturated heterocycles. The van der Waals surface area contributed by atoms with E-state index in [9.17, 15) is 4.79 Å². The highest BCUT2D eigenvalue weighted by molar-refractivity contribution is 6.30. The van der Waals surface area contributed by atoms with Crippen LogP contribution in [0.2, 0.25) is 5.02 Å². The van der Waals surface area contributed by atoms with Gasteiger partial charge in [-0.1, -0.05) is 17.7 Å². The lowest BCUT2D eigenvalue weighted by Crippen LogP contribution is -2.25. The summed E-state index contributed by atoms with van der Waals surface area (Å²) in [4.78, 5) is 16.0. The summed E-state index contributed by atoms with van der Waals surface area (Å²) in [6, 6.07) is 9.52. The molecule has 0 unspecified atom stereocenters. The third-order valence-electron chi connectivity index (χ3n) is 3.03. The smallest absolute Gasteiger partial charge is 0.253 e. The molecule has 1 aliphatic rings. The fourth-order valence-electron chi connectivity index (χ4n) is 1.86. The second-order valence-electron chi connectivity index (χ2n) is 4.85. The second kappa shape index (κ2) is 5.51. The van der Waals surface area contributed by atoms with Gasteiger partial charge in [-0.05, 0) is 37.1 Å². The van der Waals surface area contributed by atoms with E-state index >= 15 is 0 Å². The molecule has 20 heavy (non-hydrogen) atoms. The Morgan fingerprint density at radius 3 is 2.80 bits per heavy atom. The molecule has 102 valence electrons. The van der Waals surface area contributed by atoms with Crippen LogP contribution >= 0.6 is 11.6 Å². The Morgan fingerprint density at radius 2 is 2.05 bits per heavy atom. The van der Waals surface area contributed by atoms with Gasteiger partial charge in [0, 0.05) is 22.9 Å². The number of hydrogen-bond acceptors (Lipinski definition) is 3. The van der Waals surface area contributed by atoms with Crippen molar-refractivity contribution in [2.24, 2.45) is 0 Å². The van der Waals surface area contributed by atoms with Crippen molar-refractivity contribution >= 4 is 28.9 Å². The summed E-state index contributed by atoms with van der Waals surface area (Å²) < 4.78 is 0. The zero-order chi connectivity index (χ0) is 13.9. The highest BCUT2D eigenvalue weighted by Gasteiger charge is 2.23. The number of carbonyl (C=O) groups excluding carboxylic acids is 1. The molecule has 1 aliphatic carbocycles. The number of nitrogens with zero attached hydrogens (tertiary/aromatic N) is 1. The fourth-order valence-corrected chi connectivity index (χ4v) is 2.05. The van der Waals surface area contributed by atoms with Gasteiger partial charge >= 0.3 is 0 Å². The van der Waals surface area contributed by atoms with Gasteiger partial charge in [0.15, 0.2) is 0 Å². The van der Waals surface area contributed by atoms with E-state index in [1.807, 2.05) is 24.3 Å². The van der Waals surface area contributed by atoms with E-state index in [2.05, 4.69) is 15.6 Å². The minimum atomic E-state index is -0.0743. The number of halogens is 1. The van der Waals surface area contributed by atoms with Crippen LogP contribution in [0, 0.1) is 0 Å². The van der Waals surface area contributed by atoms with Gasteiger partial charge in [-0.3, -0.25) is 9.78 Å². The lowest BCUT2D eigenvalue weighted by Gasteiger charge is -2.08. The monoisotopic (exact) mass is 287 g/mol. The van der Waals surface area contributed by atoms with Gasteiger partial charge in [0.1, 0.15) is 0 Å². The highest BCUT2D eigenvalue weighted by Crippen LogP contribution is 2.21. The summed E-state index contributed by atoms with van der Waals surface area (Å²) >= 11 is 5.94. The molecule has 5 heteroatoms. The van der Waals surface area contributed by atoms with E-state index < -0.39 is 0 Å². The summed E-state index contributed by atoms with van der Waals surface area (Å²) in [6.07, 6.45) is 5.38. The van der Waals surface area contributed by atoms with Crippen LogP contribution in [-0.2, 0) is 0 Å². The second-order valence-corrected chi connectivity index (χ2v) is 5.28. The number of carbonyl (C=O) groups is 1. The number of nitrogens with one attached hydrogen (secondary N) is 2. The zero-order valence-electron chi connectivity index (χ0n) is 10.8. The van der Waals surface area contributed by atoms with Gasteiger partial charge in [-0.15, -0.1) is 0 Å². The van der Waals surface area contributed by atoms with E-state index in [-0.39, 0.29) is 5.91 Å². The minimum absolute atomic E-state index is 0.0743. The number of pyridine rings is 1. The molecule has 0 aliphatic heterocycles. The van der Waals surface area contributed by atoms with Gasteiger partial charge in [-0.25, -0.2) is 0 Å². The van der Waals surface area contributed by atoms with Gasteiger partial charge in [0.2, 0.25) is 0 Å². The summed E-state index contributed by atoms with van der Waals surface area (Å²) in [7, 11) is 0. The van der Waals surface area contributed by atoms with Gasteiger partial charge < -0.3 is 10.6 Å². The molecule has 1 aromatic heterocycles. The molecule has 3 rings (SSSR count). The lowest BCUT2D eigenvalue weighted by molar-refractivity contribution is 0.0951. The molecule has 1 fully saturated rings. The summed E-state index contributed by atoms with van der Waals surface area (Å²) in [6.45, 7) is 0. The number of anilines is 2. The third-order valence-corrected chi connectivity index (χ3v) is 3.26. The number of aromatic nitrogens is 1. The van der Waals surface area contributed by atoms with E-state index in [1.165, 1.54) is 0 Å². The summed E-state index contributed by atoms with van der Waals surface area (Å²) in [5, 5.41) is 6.78. The minimum Gasteiger partial charge on any atom is -0.354 e. The van der Waals surface area contributed by atoms with Gasteiger partial charge in [0.05, 0.1) is 17.4 Å². The number of amides is 1. The van der Waals surface area contributed by atoms with Crippen LogP contribution < -0.4 is 10.6 Å². The predicted molar refractivity (Wildman–Crippen MR) is 79.5 cm³/mol.